The molecule has 1 N–H and O–H groups in total. The summed E-state index contributed by atoms with van der Waals surface area (Å²) in [5.41, 5.74) is -1.18. The summed E-state index contributed by atoms with van der Waals surface area (Å²) in [6, 6.07) is 2.07. The van der Waals surface area contributed by atoms with E-state index in [1.165, 1.54) is 0 Å². The monoisotopic (exact) mass is 363 g/mol. The van der Waals surface area contributed by atoms with Gasteiger partial charge in [0.1, 0.15) is 11.3 Å². The number of ether oxygens (including phenoxy) is 1. The third-order valence-corrected chi connectivity index (χ3v) is 2.71. The van der Waals surface area contributed by atoms with Crippen LogP contribution in [0, 0.1) is 11.6 Å². The van der Waals surface area contributed by atoms with E-state index >= 15 is 0 Å². The third-order valence-electron chi connectivity index (χ3n) is 2.25. The molecular formula is C14H16BrF2NO3. The van der Waals surface area contributed by atoms with E-state index in [0.29, 0.717) is 0 Å². The van der Waals surface area contributed by atoms with Crippen molar-refractivity contribution in [1.29, 1.82) is 0 Å². The van der Waals surface area contributed by atoms with Crippen LogP contribution in [0.4, 0.5) is 14.5 Å². The van der Waals surface area contributed by atoms with E-state index in [2.05, 4.69) is 21.2 Å². The smallest absolute Gasteiger partial charge is 0.306 e. The number of hydrogen-bond donors (Lipinski definition) is 1. The average molecular weight is 364 g/mol. The largest absolute Gasteiger partial charge is 0.460 e. The van der Waals surface area contributed by atoms with Crippen molar-refractivity contribution in [2.45, 2.75) is 39.2 Å². The Bertz CT molecular complexity index is 533. The highest BCUT2D eigenvalue weighted by molar-refractivity contribution is 9.10. The number of nitrogens with one attached hydrogen (secondary N) is 1. The first kappa shape index (κ1) is 17.6. The van der Waals surface area contributed by atoms with Gasteiger partial charge in [-0.15, -0.1) is 0 Å². The standard InChI is InChI=1S/C14H16BrF2NO3/c1-14(2,3)21-12(20)5-4-11(19)18-13-9(16)6-8(15)7-10(13)17/h6-7H,4-5H2,1-3H3,(H,18,19). The molecule has 0 radical (unpaired) electrons. The summed E-state index contributed by atoms with van der Waals surface area (Å²) in [4.78, 5) is 23.0. The summed E-state index contributed by atoms with van der Waals surface area (Å²) in [5, 5.41) is 2.11. The molecule has 1 amide bonds. The van der Waals surface area contributed by atoms with Gasteiger partial charge in [0.25, 0.3) is 0 Å². The quantitative estimate of drug-likeness (QED) is 0.828. The summed E-state index contributed by atoms with van der Waals surface area (Å²) in [7, 11) is 0. The molecule has 0 saturated heterocycles. The molecule has 7 heteroatoms. The first-order valence-corrected chi connectivity index (χ1v) is 7.04. The van der Waals surface area contributed by atoms with Crippen molar-refractivity contribution in [3.05, 3.63) is 28.2 Å². The van der Waals surface area contributed by atoms with Crippen molar-refractivity contribution >= 4 is 33.5 Å². The minimum Gasteiger partial charge on any atom is -0.460 e. The fourth-order valence-corrected chi connectivity index (χ4v) is 1.87. The molecule has 1 rings (SSSR count). The molecule has 116 valence electrons. The van der Waals surface area contributed by atoms with Gasteiger partial charge in [-0.2, -0.15) is 0 Å². The maximum Gasteiger partial charge on any atom is 0.306 e. The molecule has 0 saturated carbocycles. The zero-order valence-corrected chi connectivity index (χ0v) is 13.5. The van der Waals surface area contributed by atoms with Crippen molar-refractivity contribution < 1.29 is 23.1 Å². The molecule has 0 atom stereocenters. The Hall–Kier alpha value is -1.50. The molecule has 0 aliphatic heterocycles. The first-order valence-electron chi connectivity index (χ1n) is 6.25. The number of benzene rings is 1. The van der Waals surface area contributed by atoms with E-state index in [1.807, 2.05) is 0 Å². The predicted molar refractivity (Wildman–Crippen MR) is 77.8 cm³/mol. The Labute approximate surface area is 130 Å². The van der Waals surface area contributed by atoms with E-state index in [1.54, 1.807) is 20.8 Å². The Morgan fingerprint density at radius 3 is 2.19 bits per heavy atom. The third kappa shape index (κ3) is 6.20. The lowest BCUT2D eigenvalue weighted by Gasteiger charge is -2.19. The van der Waals surface area contributed by atoms with Gasteiger partial charge < -0.3 is 10.1 Å². The van der Waals surface area contributed by atoms with Gasteiger partial charge in [0.2, 0.25) is 5.91 Å². The van der Waals surface area contributed by atoms with Gasteiger partial charge in [0.15, 0.2) is 11.6 Å². The zero-order chi connectivity index (χ0) is 16.2. The topological polar surface area (TPSA) is 55.4 Å². The van der Waals surface area contributed by atoms with Crippen LogP contribution in [0.2, 0.25) is 0 Å². The summed E-state index contributed by atoms with van der Waals surface area (Å²) < 4.78 is 32.3. The van der Waals surface area contributed by atoms with E-state index in [4.69, 9.17) is 4.74 Å². The minimum absolute atomic E-state index is 0.164. The van der Waals surface area contributed by atoms with Crippen LogP contribution in [0.3, 0.4) is 0 Å². The van der Waals surface area contributed by atoms with Crippen LogP contribution in [-0.4, -0.2) is 17.5 Å². The molecule has 1 aromatic carbocycles. The molecule has 0 aliphatic carbocycles. The van der Waals surface area contributed by atoms with Gasteiger partial charge in [0, 0.05) is 10.9 Å². The number of hydrogen-bond acceptors (Lipinski definition) is 3. The van der Waals surface area contributed by atoms with Crippen LogP contribution in [0.25, 0.3) is 0 Å². The van der Waals surface area contributed by atoms with Gasteiger partial charge in [-0.3, -0.25) is 9.59 Å². The molecular weight excluding hydrogens is 348 g/mol. The number of rotatable bonds is 4. The van der Waals surface area contributed by atoms with E-state index in [9.17, 15) is 18.4 Å². The molecule has 0 aromatic heterocycles. The summed E-state index contributed by atoms with van der Waals surface area (Å²) >= 11 is 2.94. The second-order valence-electron chi connectivity index (χ2n) is 5.38. The molecule has 0 unspecified atom stereocenters. The van der Waals surface area contributed by atoms with Crippen molar-refractivity contribution in [2.75, 3.05) is 5.32 Å². The van der Waals surface area contributed by atoms with Gasteiger partial charge in [-0.05, 0) is 32.9 Å². The van der Waals surface area contributed by atoms with Crippen LogP contribution < -0.4 is 5.32 Å². The van der Waals surface area contributed by atoms with Gasteiger partial charge in [0.05, 0.1) is 6.42 Å². The number of anilines is 1. The molecule has 0 aliphatic rings. The van der Waals surface area contributed by atoms with E-state index in [-0.39, 0.29) is 17.3 Å². The number of carbonyl (C=O) groups excluding carboxylic acids is 2. The highest BCUT2D eigenvalue weighted by atomic mass is 79.9. The molecule has 1 aromatic rings. The van der Waals surface area contributed by atoms with Crippen LogP contribution in [0.1, 0.15) is 33.6 Å². The second-order valence-corrected chi connectivity index (χ2v) is 6.29. The Morgan fingerprint density at radius 2 is 1.71 bits per heavy atom. The number of halogens is 3. The molecule has 4 nitrogen and oxygen atoms in total. The summed E-state index contributed by atoms with van der Waals surface area (Å²) in [6.07, 6.45) is -0.382. The summed E-state index contributed by atoms with van der Waals surface area (Å²) in [6.45, 7) is 5.12. The number of esters is 1. The van der Waals surface area contributed by atoms with E-state index in [0.717, 1.165) is 12.1 Å². The lowest BCUT2D eigenvalue weighted by atomic mass is 10.2. The number of amides is 1. The van der Waals surface area contributed by atoms with Crippen molar-refractivity contribution in [2.24, 2.45) is 0 Å². The van der Waals surface area contributed by atoms with Crippen LogP contribution in [0.5, 0.6) is 0 Å². The van der Waals surface area contributed by atoms with E-state index < -0.39 is 34.8 Å². The maximum absolute atomic E-state index is 13.5. The van der Waals surface area contributed by atoms with Crippen LogP contribution in [-0.2, 0) is 14.3 Å². The lowest BCUT2D eigenvalue weighted by molar-refractivity contribution is -0.155. The average Bonchev–Trinajstić information content (AvgIpc) is 2.29. The summed E-state index contributed by atoms with van der Waals surface area (Å²) in [5.74, 6) is -3.00. The van der Waals surface area contributed by atoms with Crippen LogP contribution in [0.15, 0.2) is 16.6 Å². The van der Waals surface area contributed by atoms with Crippen molar-refractivity contribution in [3.8, 4) is 0 Å². The fraction of sp³-hybridized carbons (Fsp3) is 0.429. The normalized spacial score (nSPS) is 11.1. The highest BCUT2D eigenvalue weighted by Gasteiger charge is 2.18. The molecule has 0 fully saturated rings. The van der Waals surface area contributed by atoms with Crippen molar-refractivity contribution in [1.82, 2.24) is 0 Å². The van der Waals surface area contributed by atoms with Crippen molar-refractivity contribution in [3.63, 3.8) is 0 Å². The lowest BCUT2D eigenvalue weighted by Crippen LogP contribution is -2.25. The number of carbonyl (C=O) groups is 2. The predicted octanol–water partition coefficient (Wildman–Crippen LogP) is 3.79. The first-order chi connectivity index (χ1) is 9.58. The molecule has 0 heterocycles. The second kappa shape index (κ2) is 6.98. The zero-order valence-electron chi connectivity index (χ0n) is 11.9. The highest BCUT2D eigenvalue weighted by Crippen LogP contribution is 2.24. The minimum atomic E-state index is -0.896. The SMILES string of the molecule is CC(C)(C)OC(=O)CCC(=O)Nc1c(F)cc(Br)cc1F. The van der Waals surface area contributed by atoms with Gasteiger partial charge >= 0.3 is 5.97 Å². The molecule has 0 bridgehead atoms. The van der Waals surface area contributed by atoms with Crippen LogP contribution >= 0.6 is 15.9 Å². The molecule has 21 heavy (non-hydrogen) atoms. The fourth-order valence-electron chi connectivity index (χ4n) is 1.47. The van der Waals surface area contributed by atoms with Gasteiger partial charge in [-0.1, -0.05) is 15.9 Å². The van der Waals surface area contributed by atoms with Gasteiger partial charge in [-0.25, -0.2) is 8.78 Å². The Morgan fingerprint density at radius 1 is 1.19 bits per heavy atom. The molecule has 0 spiro atoms. The Balaban J connectivity index is 2.57. The maximum atomic E-state index is 13.5. The Kier molecular flexibility index (Phi) is 5.83.